The van der Waals surface area contributed by atoms with E-state index < -0.39 is 0 Å². The van der Waals surface area contributed by atoms with Crippen molar-refractivity contribution in [2.75, 3.05) is 19.8 Å². The van der Waals surface area contributed by atoms with Gasteiger partial charge in [0, 0.05) is 13.2 Å². The summed E-state index contributed by atoms with van der Waals surface area (Å²) in [5.41, 5.74) is 6.24. The quantitative estimate of drug-likeness (QED) is 0.695. The van der Waals surface area contributed by atoms with Crippen molar-refractivity contribution >= 4 is 0 Å². The maximum absolute atomic E-state index is 5.62. The van der Waals surface area contributed by atoms with Gasteiger partial charge >= 0.3 is 0 Å². The van der Waals surface area contributed by atoms with Gasteiger partial charge in [-0.15, -0.1) is 0 Å². The van der Waals surface area contributed by atoms with E-state index in [9.17, 15) is 0 Å². The summed E-state index contributed by atoms with van der Waals surface area (Å²) in [7, 11) is 0. The van der Waals surface area contributed by atoms with Gasteiger partial charge < -0.3 is 10.5 Å². The maximum Gasteiger partial charge on any atom is 0.0499 e. The molecule has 0 aromatic carbocycles. The van der Waals surface area contributed by atoms with Gasteiger partial charge in [0.05, 0.1) is 0 Å². The molecule has 2 nitrogen and oxygen atoms in total. The van der Waals surface area contributed by atoms with Crippen LogP contribution in [0.2, 0.25) is 0 Å². The summed E-state index contributed by atoms with van der Waals surface area (Å²) in [6, 6.07) is 0. The third kappa shape index (κ3) is 1.50. The summed E-state index contributed by atoms with van der Waals surface area (Å²) in [5.74, 6) is 0.829. The minimum Gasteiger partial charge on any atom is -0.381 e. The number of hydrogen-bond acceptors (Lipinski definition) is 2. The molecule has 12 heavy (non-hydrogen) atoms. The normalized spacial score (nSPS) is 33.2. The van der Waals surface area contributed by atoms with Crippen LogP contribution >= 0.6 is 0 Å². The van der Waals surface area contributed by atoms with Crippen molar-refractivity contribution in [2.45, 2.75) is 32.1 Å². The van der Waals surface area contributed by atoms with Crippen LogP contribution in [0, 0.1) is 11.3 Å². The molecule has 0 spiro atoms. The largest absolute Gasteiger partial charge is 0.381 e. The van der Waals surface area contributed by atoms with Crippen molar-refractivity contribution in [1.82, 2.24) is 0 Å². The number of rotatable bonds is 3. The zero-order chi connectivity index (χ0) is 8.44. The summed E-state index contributed by atoms with van der Waals surface area (Å²) in [4.78, 5) is 0. The molecule has 1 unspecified atom stereocenters. The Morgan fingerprint density at radius 1 is 1.42 bits per heavy atom. The van der Waals surface area contributed by atoms with Crippen LogP contribution in [-0.2, 0) is 4.74 Å². The van der Waals surface area contributed by atoms with Crippen LogP contribution in [-0.4, -0.2) is 19.8 Å². The molecule has 1 aliphatic carbocycles. The van der Waals surface area contributed by atoms with Gasteiger partial charge in [-0.25, -0.2) is 0 Å². The average molecular weight is 169 g/mol. The highest BCUT2D eigenvalue weighted by atomic mass is 16.5. The second-order valence-electron chi connectivity index (χ2n) is 4.32. The van der Waals surface area contributed by atoms with E-state index in [1.54, 1.807) is 0 Å². The standard InChI is InChI=1S/C10H19NO/c11-6-5-10(3-4-10)9-2-1-7-12-8-9/h9H,1-8,11H2. The Kier molecular flexibility index (Phi) is 2.37. The van der Waals surface area contributed by atoms with Crippen molar-refractivity contribution < 1.29 is 4.74 Å². The lowest BCUT2D eigenvalue weighted by molar-refractivity contribution is 0.0222. The third-order valence-corrected chi connectivity index (χ3v) is 3.56. The fraction of sp³-hybridized carbons (Fsp3) is 1.00. The zero-order valence-corrected chi connectivity index (χ0v) is 7.72. The smallest absolute Gasteiger partial charge is 0.0499 e. The van der Waals surface area contributed by atoms with Crippen LogP contribution in [0.25, 0.3) is 0 Å². The number of hydrogen-bond donors (Lipinski definition) is 1. The molecular formula is C10H19NO. The third-order valence-electron chi connectivity index (χ3n) is 3.56. The molecule has 2 N–H and O–H groups in total. The minimum atomic E-state index is 0.620. The predicted octanol–water partition coefficient (Wildman–Crippen LogP) is 1.54. The van der Waals surface area contributed by atoms with Gasteiger partial charge in [0.1, 0.15) is 0 Å². The molecule has 1 heterocycles. The molecule has 1 saturated carbocycles. The summed E-state index contributed by atoms with van der Waals surface area (Å²) >= 11 is 0. The van der Waals surface area contributed by atoms with Crippen molar-refractivity contribution in [3.63, 3.8) is 0 Å². The minimum absolute atomic E-state index is 0.620. The molecule has 2 rings (SSSR count). The van der Waals surface area contributed by atoms with Gasteiger partial charge in [-0.05, 0) is 50.0 Å². The first-order chi connectivity index (χ1) is 5.87. The average Bonchev–Trinajstić information content (AvgIpc) is 2.88. The van der Waals surface area contributed by atoms with E-state index in [-0.39, 0.29) is 0 Å². The zero-order valence-electron chi connectivity index (χ0n) is 7.72. The Labute approximate surface area is 74.5 Å². The van der Waals surface area contributed by atoms with Crippen LogP contribution < -0.4 is 5.73 Å². The van der Waals surface area contributed by atoms with Gasteiger partial charge in [0.2, 0.25) is 0 Å². The number of nitrogens with two attached hydrogens (primary N) is 1. The van der Waals surface area contributed by atoms with E-state index in [4.69, 9.17) is 10.5 Å². The van der Waals surface area contributed by atoms with E-state index in [1.165, 1.54) is 32.1 Å². The molecule has 2 heteroatoms. The Morgan fingerprint density at radius 2 is 2.25 bits per heavy atom. The molecule has 1 saturated heterocycles. The lowest BCUT2D eigenvalue weighted by Gasteiger charge is -2.30. The fourth-order valence-electron chi connectivity index (χ4n) is 2.53. The Balaban J connectivity index is 1.88. The maximum atomic E-state index is 5.62. The van der Waals surface area contributed by atoms with Crippen LogP contribution in [0.3, 0.4) is 0 Å². The van der Waals surface area contributed by atoms with Crippen molar-refractivity contribution in [2.24, 2.45) is 17.1 Å². The first-order valence-corrected chi connectivity index (χ1v) is 5.15. The highest BCUT2D eigenvalue weighted by Crippen LogP contribution is 2.56. The van der Waals surface area contributed by atoms with Gasteiger partial charge in [0.15, 0.2) is 0 Å². The van der Waals surface area contributed by atoms with Gasteiger partial charge in [-0.3, -0.25) is 0 Å². The van der Waals surface area contributed by atoms with E-state index in [1.807, 2.05) is 0 Å². The highest BCUT2D eigenvalue weighted by molar-refractivity contribution is 4.98. The lowest BCUT2D eigenvalue weighted by Crippen LogP contribution is -2.28. The first-order valence-electron chi connectivity index (χ1n) is 5.15. The molecule has 2 fully saturated rings. The van der Waals surface area contributed by atoms with E-state index >= 15 is 0 Å². The summed E-state index contributed by atoms with van der Waals surface area (Å²) < 4.78 is 5.51. The van der Waals surface area contributed by atoms with Crippen LogP contribution in [0.1, 0.15) is 32.1 Å². The number of ether oxygens (including phenoxy) is 1. The predicted molar refractivity (Wildman–Crippen MR) is 48.9 cm³/mol. The van der Waals surface area contributed by atoms with Crippen LogP contribution in [0.15, 0.2) is 0 Å². The van der Waals surface area contributed by atoms with Crippen molar-refractivity contribution in [3.05, 3.63) is 0 Å². The first kappa shape index (κ1) is 8.52. The Hall–Kier alpha value is -0.0800. The molecule has 1 atom stereocenters. The molecule has 70 valence electrons. The van der Waals surface area contributed by atoms with Crippen LogP contribution in [0.5, 0.6) is 0 Å². The fourth-order valence-corrected chi connectivity index (χ4v) is 2.53. The van der Waals surface area contributed by atoms with Gasteiger partial charge in [-0.1, -0.05) is 0 Å². The monoisotopic (exact) mass is 169 g/mol. The lowest BCUT2D eigenvalue weighted by atomic mass is 9.82. The molecule has 0 bridgehead atoms. The van der Waals surface area contributed by atoms with Crippen molar-refractivity contribution in [1.29, 1.82) is 0 Å². The molecule has 0 aromatic heterocycles. The molecule has 1 aliphatic heterocycles. The summed E-state index contributed by atoms with van der Waals surface area (Å²) in [6.07, 6.45) is 6.66. The molecule has 0 amide bonds. The summed E-state index contributed by atoms with van der Waals surface area (Å²) in [6.45, 7) is 2.84. The molecule has 2 aliphatic rings. The Morgan fingerprint density at radius 3 is 2.75 bits per heavy atom. The van der Waals surface area contributed by atoms with Crippen molar-refractivity contribution in [3.8, 4) is 0 Å². The van der Waals surface area contributed by atoms with E-state index in [0.29, 0.717) is 5.41 Å². The highest BCUT2D eigenvalue weighted by Gasteiger charge is 2.48. The van der Waals surface area contributed by atoms with Crippen LogP contribution in [0.4, 0.5) is 0 Å². The summed E-state index contributed by atoms with van der Waals surface area (Å²) in [5, 5.41) is 0. The van der Waals surface area contributed by atoms with E-state index in [0.717, 1.165) is 25.7 Å². The van der Waals surface area contributed by atoms with E-state index in [2.05, 4.69) is 0 Å². The van der Waals surface area contributed by atoms with Gasteiger partial charge in [-0.2, -0.15) is 0 Å². The second-order valence-corrected chi connectivity index (χ2v) is 4.32. The second kappa shape index (κ2) is 3.35. The topological polar surface area (TPSA) is 35.2 Å². The molecule has 0 radical (unpaired) electrons. The molecular weight excluding hydrogens is 150 g/mol. The van der Waals surface area contributed by atoms with Gasteiger partial charge in [0.25, 0.3) is 0 Å². The SMILES string of the molecule is NCCC1(C2CCCOC2)CC1. The Bertz CT molecular complexity index is 148. The molecule has 0 aromatic rings.